The lowest BCUT2D eigenvalue weighted by molar-refractivity contribution is -0.115. The molecule has 0 aliphatic carbocycles. The average Bonchev–Trinajstić information content (AvgIpc) is 2.76. The van der Waals surface area contributed by atoms with E-state index in [2.05, 4.69) is 13.0 Å². The molecule has 0 radical (unpaired) electrons. The lowest BCUT2D eigenvalue weighted by Crippen LogP contribution is -2.30. The van der Waals surface area contributed by atoms with Gasteiger partial charge in [0, 0.05) is 20.2 Å². The van der Waals surface area contributed by atoms with Crippen LogP contribution in [0.2, 0.25) is 5.02 Å². The summed E-state index contributed by atoms with van der Waals surface area (Å²) in [6.07, 6.45) is 0. The van der Waals surface area contributed by atoms with E-state index in [1.54, 1.807) is 16.7 Å². The number of thioether (sulfide) groups is 1. The molecule has 3 nitrogen and oxygen atoms in total. The first-order chi connectivity index (χ1) is 14.6. The second-order valence-corrected chi connectivity index (χ2v) is 9.51. The number of hydrogen-bond acceptors (Lipinski definition) is 4. The van der Waals surface area contributed by atoms with Gasteiger partial charge in [-0.2, -0.15) is 0 Å². The van der Waals surface area contributed by atoms with Crippen LogP contribution in [0, 0.1) is 6.92 Å². The van der Waals surface area contributed by atoms with Gasteiger partial charge in [-0.1, -0.05) is 65.5 Å². The van der Waals surface area contributed by atoms with Crippen LogP contribution in [-0.2, 0) is 4.79 Å². The quantitative estimate of drug-likeness (QED) is 0.312. The summed E-state index contributed by atoms with van der Waals surface area (Å²) in [5.74, 6) is 0.291. The molecule has 1 aliphatic heterocycles. The zero-order valence-electron chi connectivity index (χ0n) is 16.1. The van der Waals surface area contributed by atoms with Gasteiger partial charge in [-0.25, -0.2) is 4.98 Å². The monoisotopic (exact) mass is 448 g/mol. The third-order valence-electron chi connectivity index (χ3n) is 4.98. The van der Waals surface area contributed by atoms with E-state index < -0.39 is 0 Å². The Hall–Kier alpha value is -2.47. The number of anilines is 2. The third-order valence-corrected chi connectivity index (χ3v) is 7.24. The Labute approximate surface area is 188 Å². The highest BCUT2D eigenvalue weighted by Crippen LogP contribution is 2.49. The topological polar surface area (TPSA) is 33.2 Å². The minimum absolute atomic E-state index is 0.00359. The van der Waals surface area contributed by atoms with Crippen molar-refractivity contribution in [3.8, 4) is 0 Å². The SMILES string of the molecule is Cc1cc(SCC(=O)N2c3ccccc3Sc3ccc(Cl)cc32)nc2ccccc12. The maximum atomic E-state index is 13.4. The number of aryl methyl sites for hydroxylation is 1. The lowest BCUT2D eigenvalue weighted by atomic mass is 10.1. The van der Waals surface area contributed by atoms with Crippen LogP contribution < -0.4 is 4.90 Å². The molecule has 0 bridgehead atoms. The molecule has 0 spiro atoms. The Kier molecular flexibility index (Phi) is 5.19. The lowest BCUT2D eigenvalue weighted by Gasteiger charge is -2.31. The molecule has 0 unspecified atom stereocenters. The first-order valence-electron chi connectivity index (χ1n) is 9.49. The van der Waals surface area contributed by atoms with Crippen LogP contribution in [0.5, 0.6) is 0 Å². The van der Waals surface area contributed by atoms with E-state index in [1.165, 1.54) is 11.8 Å². The number of halogens is 1. The highest BCUT2D eigenvalue weighted by molar-refractivity contribution is 8.00. The van der Waals surface area contributed by atoms with Gasteiger partial charge in [0.15, 0.2) is 0 Å². The van der Waals surface area contributed by atoms with Gasteiger partial charge in [0.25, 0.3) is 0 Å². The van der Waals surface area contributed by atoms with E-state index in [9.17, 15) is 4.79 Å². The number of amides is 1. The Balaban J connectivity index is 1.46. The average molecular weight is 449 g/mol. The summed E-state index contributed by atoms with van der Waals surface area (Å²) < 4.78 is 0. The molecule has 5 rings (SSSR count). The van der Waals surface area contributed by atoms with Crippen LogP contribution in [0.25, 0.3) is 10.9 Å². The van der Waals surface area contributed by atoms with Crippen molar-refractivity contribution in [2.45, 2.75) is 21.7 Å². The summed E-state index contributed by atoms with van der Waals surface area (Å²) in [5.41, 5.74) is 3.83. The minimum atomic E-state index is 0.00359. The number of hydrogen-bond donors (Lipinski definition) is 0. The number of pyridine rings is 1. The maximum Gasteiger partial charge on any atom is 0.242 e. The van der Waals surface area contributed by atoms with Crippen molar-refractivity contribution in [2.75, 3.05) is 10.7 Å². The first kappa shape index (κ1) is 19.5. The van der Waals surface area contributed by atoms with Crippen molar-refractivity contribution in [3.05, 3.63) is 83.4 Å². The van der Waals surface area contributed by atoms with E-state index in [-0.39, 0.29) is 11.7 Å². The summed E-state index contributed by atoms with van der Waals surface area (Å²) in [7, 11) is 0. The Morgan fingerprint density at radius 2 is 1.77 bits per heavy atom. The highest BCUT2D eigenvalue weighted by Gasteiger charge is 2.28. The normalized spacial score (nSPS) is 12.5. The Bertz CT molecular complexity index is 1290. The summed E-state index contributed by atoms with van der Waals surface area (Å²) >= 11 is 9.38. The van der Waals surface area contributed by atoms with Gasteiger partial charge in [0.2, 0.25) is 5.91 Å². The molecule has 0 saturated heterocycles. The summed E-state index contributed by atoms with van der Waals surface area (Å²) in [5, 5.41) is 2.61. The minimum Gasteiger partial charge on any atom is -0.278 e. The smallest absolute Gasteiger partial charge is 0.242 e. The van der Waals surface area contributed by atoms with E-state index in [4.69, 9.17) is 16.6 Å². The molecular weight excluding hydrogens is 432 g/mol. The molecule has 0 atom stereocenters. The van der Waals surface area contributed by atoms with E-state index in [0.717, 1.165) is 42.7 Å². The summed E-state index contributed by atoms with van der Waals surface area (Å²) in [6.45, 7) is 2.08. The van der Waals surface area contributed by atoms with E-state index >= 15 is 0 Å². The zero-order chi connectivity index (χ0) is 20.7. The van der Waals surface area contributed by atoms with Crippen LogP contribution in [0.15, 0.2) is 87.6 Å². The van der Waals surface area contributed by atoms with Crippen molar-refractivity contribution in [2.24, 2.45) is 0 Å². The molecule has 0 N–H and O–H groups in total. The zero-order valence-corrected chi connectivity index (χ0v) is 18.5. The molecular formula is C24H17ClN2OS2. The fourth-order valence-corrected chi connectivity index (χ4v) is 5.62. The van der Waals surface area contributed by atoms with Gasteiger partial charge in [0.05, 0.1) is 27.7 Å². The number of rotatable bonds is 3. The number of aromatic nitrogens is 1. The van der Waals surface area contributed by atoms with Gasteiger partial charge in [-0.05, 0) is 55.0 Å². The first-order valence-corrected chi connectivity index (χ1v) is 11.7. The molecule has 2 heterocycles. The molecule has 1 amide bonds. The molecule has 6 heteroatoms. The van der Waals surface area contributed by atoms with Crippen molar-refractivity contribution < 1.29 is 4.79 Å². The predicted molar refractivity (Wildman–Crippen MR) is 126 cm³/mol. The summed E-state index contributed by atoms with van der Waals surface area (Å²) in [6, 6.07) is 23.8. The second kappa shape index (κ2) is 7.99. The van der Waals surface area contributed by atoms with Crippen LogP contribution in [0.4, 0.5) is 11.4 Å². The fraction of sp³-hybridized carbons (Fsp3) is 0.0833. The molecule has 1 aliphatic rings. The van der Waals surface area contributed by atoms with Gasteiger partial charge in [-0.15, -0.1) is 0 Å². The number of carbonyl (C=O) groups excluding carboxylic acids is 1. The van der Waals surface area contributed by atoms with E-state index in [0.29, 0.717) is 5.02 Å². The molecule has 0 fully saturated rings. The van der Waals surface area contributed by atoms with Crippen LogP contribution in [0.1, 0.15) is 5.56 Å². The maximum absolute atomic E-state index is 13.4. The van der Waals surface area contributed by atoms with Gasteiger partial charge in [-0.3, -0.25) is 9.69 Å². The molecule has 30 heavy (non-hydrogen) atoms. The Morgan fingerprint density at radius 1 is 1.00 bits per heavy atom. The van der Waals surface area contributed by atoms with Crippen molar-refractivity contribution >= 4 is 63.3 Å². The second-order valence-electron chi connectivity index (χ2n) is 6.99. The molecule has 1 aromatic heterocycles. The van der Waals surface area contributed by atoms with Gasteiger partial charge in [0.1, 0.15) is 0 Å². The molecule has 148 valence electrons. The largest absolute Gasteiger partial charge is 0.278 e. The standard InChI is InChI=1S/C24H17ClN2OS2/c1-15-12-23(26-18-7-3-2-6-17(15)18)29-14-24(28)27-19-8-4-5-9-21(19)30-22-11-10-16(25)13-20(22)27/h2-13H,14H2,1H3. The number of para-hydroxylation sites is 2. The number of benzene rings is 3. The van der Waals surface area contributed by atoms with Crippen LogP contribution in [-0.4, -0.2) is 16.6 Å². The van der Waals surface area contributed by atoms with Gasteiger partial charge < -0.3 is 0 Å². The number of fused-ring (bicyclic) bond motifs is 3. The Morgan fingerprint density at radius 3 is 2.67 bits per heavy atom. The molecule has 3 aromatic carbocycles. The summed E-state index contributed by atoms with van der Waals surface area (Å²) in [4.78, 5) is 22.0. The third kappa shape index (κ3) is 3.58. The van der Waals surface area contributed by atoms with Gasteiger partial charge >= 0.3 is 0 Å². The molecule has 4 aromatic rings. The highest BCUT2D eigenvalue weighted by atomic mass is 35.5. The number of nitrogens with zero attached hydrogens (tertiary/aromatic N) is 2. The predicted octanol–water partition coefficient (Wildman–Crippen LogP) is 7.12. The van der Waals surface area contributed by atoms with Crippen molar-refractivity contribution in [1.29, 1.82) is 0 Å². The van der Waals surface area contributed by atoms with Crippen LogP contribution >= 0.6 is 35.1 Å². The van der Waals surface area contributed by atoms with E-state index in [1.807, 2.05) is 66.7 Å². The fourth-order valence-electron chi connectivity index (χ4n) is 3.59. The number of carbonyl (C=O) groups is 1. The van der Waals surface area contributed by atoms with Crippen molar-refractivity contribution in [3.63, 3.8) is 0 Å². The molecule has 0 saturated carbocycles. The van der Waals surface area contributed by atoms with Crippen LogP contribution in [0.3, 0.4) is 0 Å². The van der Waals surface area contributed by atoms with Crippen molar-refractivity contribution in [1.82, 2.24) is 4.98 Å².